The maximum Gasteiger partial charge on any atom is 0.255 e. The zero-order chi connectivity index (χ0) is 13.8. The predicted molar refractivity (Wildman–Crippen MR) is 65.5 cm³/mol. The second-order valence-corrected chi connectivity index (χ2v) is 4.18. The highest BCUT2D eigenvalue weighted by Crippen LogP contribution is 2.20. The van der Waals surface area contributed by atoms with Gasteiger partial charge in [-0.1, -0.05) is 12.1 Å². The van der Waals surface area contributed by atoms with Gasteiger partial charge in [-0.15, -0.1) is 0 Å². The molecule has 19 heavy (non-hydrogen) atoms. The molecule has 6 heteroatoms. The third kappa shape index (κ3) is 3.10. The second-order valence-electron chi connectivity index (χ2n) is 4.18. The minimum Gasteiger partial charge on any atom is -0.497 e. The van der Waals surface area contributed by atoms with E-state index in [9.17, 15) is 14.7 Å². The number of benzene rings is 1. The van der Waals surface area contributed by atoms with Gasteiger partial charge in [0.05, 0.1) is 19.8 Å². The summed E-state index contributed by atoms with van der Waals surface area (Å²) in [5.74, 6) is -0.257. The average molecular weight is 265 g/mol. The summed E-state index contributed by atoms with van der Waals surface area (Å²) in [5.41, 5.74) is 0.589. The maximum atomic E-state index is 11.5. The SMILES string of the molecule is COc1cccc(C(O)CN2C(=O)COCC2=O)c1. The number of nitrogens with zero attached hydrogens (tertiary/aromatic N) is 1. The summed E-state index contributed by atoms with van der Waals surface area (Å²) in [4.78, 5) is 24.1. The van der Waals surface area contributed by atoms with E-state index in [1.165, 1.54) is 7.11 Å². The summed E-state index contributed by atoms with van der Waals surface area (Å²) in [6.45, 7) is -0.332. The van der Waals surface area contributed by atoms with Crippen molar-refractivity contribution >= 4 is 11.8 Å². The number of hydrogen-bond donors (Lipinski definition) is 1. The molecule has 1 aromatic carbocycles. The molecule has 0 spiro atoms. The van der Waals surface area contributed by atoms with Crippen molar-refractivity contribution in [1.29, 1.82) is 0 Å². The lowest BCUT2D eigenvalue weighted by atomic mass is 10.1. The lowest BCUT2D eigenvalue weighted by Crippen LogP contribution is -2.47. The zero-order valence-corrected chi connectivity index (χ0v) is 10.5. The van der Waals surface area contributed by atoms with Gasteiger partial charge in [-0.25, -0.2) is 0 Å². The number of β-amino-alcohol motifs (C(OH)–C–C–N with tert-alkyl or cyclic N) is 1. The number of amides is 2. The third-order valence-electron chi connectivity index (χ3n) is 2.89. The normalized spacial score (nSPS) is 17.5. The van der Waals surface area contributed by atoms with Gasteiger partial charge in [-0.05, 0) is 17.7 Å². The minimum atomic E-state index is -0.943. The van der Waals surface area contributed by atoms with Gasteiger partial charge in [-0.3, -0.25) is 14.5 Å². The molecule has 1 heterocycles. The first-order valence-corrected chi connectivity index (χ1v) is 5.85. The van der Waals surface area contributed by atoms with E-state index in [2.05, 4.69) is 0 Å². The summed E-state index contributed by atoms with van der Waals surface area (Å²) in [6.07, 6.45) is -0.943. The van der Waals surface area contributed by atoms with Crippen LogP contribution in [0.4, 0.5) is 0 Å². The van der Waals surface area contributed by atoms with Crippen LogP contribution in [0.1, 0.15) is 11.7 Å². The topological polar surface area (TPSA) is 76.1 Å². The van der Waals surface area contributed by atoms with Crippen LogP contribution in [0, 0.1) is 0 Å². The van der Waals surface area contributed by atoms with Crippen LogP contribution in [-0.4, -0.2) is 48.7 Å². The number of hydrogen-bond acceptors (Lipinski definition) is 5. The Balaban J connectivity index is 2.09. The van der Waals surface area contributed by atoms with Crippen molar-refractivity contribution < 1.29 is 24.2 Å². The zero-order valence-electron chi connectivity index (χ0n) is 10.5. The molecule has 1 unspecified atom stereocenters. The van der Waals surface area contributed by atoms with Crippen LogP contribution in [0.15, 0.2) is 24.3 Å². The highest BCUT2D eigenvalue weighted by atomic mass is 16.5. The molecule has 2 amide bonds. The molecule has 1 aliphatic heterocycles. The van der Waals surface area contributed by atoms with Gasteiger partial charge in [-0.2, -0.15) is 0 Å². The Morgan fingerprint density at radius 1 is 1.37 bits per heavy atom. The van der Waals surface area contributed by atoms with E-state index < -0.39 is 17.9 Å². The molecule has 6 nitrogen and oxygen atoms in total. The molecule has 1 aromatic rings. The standard InChI is InChI=1S/C13H15NO5/c1-18-10-4-2-3-9(5-10)11(15)6-14-12(16)7-19-8-13(14)17/h2-5,11,15H,6-8H2,1H3. The summed E-state index contributed by atoms with van der Waals surface area (Å²) in [6, 6.07) is 6.87. The van der Waals surface area contributed by atoms with E-state index in [0.29, 0.717) is 11.3 Å². The van der Waals surface area contributed by atoms with Crippen molar-refractivity contribution in [1.82, 2.24) is 4.90 Å². The lowest BCUT2D eigenvalue weighted by molar-refractivity contribution is -0.160. The van der Waals surface area contributed by atoms with Crippen LogP contribution in [0.2, 0.25) is 0 Å². The molecule has 0 bridgehead atoms. The van der Waals surface area contributed by atoms with E-state index in [1.54, 1.807) is 24.3 Å². The Morgan fingerprint density at radius 3 is 2.68 bits per heavy atom. The van der Waals surface area contributed by atoms with Gasteiger partial charge in [0, 0.05) is 0 Å². The van der Waals surface area contributed by atoms with E-state index in [4.69, 9.17) is 9.47 Å². The first kappa shape index (κ1) is 13.5. The summed E-state index contributed by atoms with van der Waals surface area (Å²) in [5, 5.41) is 10.1. The third-order valence-corrected chi connectivity index (χ3v) is 2.89. The Hall–Kier alpha value is -1.92. The first-order chi connectivity index (χ1) is 9.11. The van der Waals surface area contributed by atoms with Crippen LogP contribution < -0.4 is 4.74 Å². The molecule has 1 saturated heterocycles. The fraction of sp³-hybridized carbons (Fsp3) is 0.385. The molecule has 1 fully saturated rings. The average Bonchev–Trinajstić information content (AvgIpc) is 2.43. The Labute approximate surface area is 110 Å². The fourth-order valence-corrected chi connectivity index (χ4v) is 1.85. The highest BCUT2D eigenvalue weighted by Gasteiger charge is 2.28. The van der Waals surface area contributed by atoms with E-state index in [0.717, 1.165) is 4.90 Å². The Kier molecular flexibility index (Phi) is 4.13. The van der Waals surface area contributed by atoms with Crippen molar-refractivity contribution in [2.75, 3.05) is 26.9 Å². The smallest absolute Gasteiger partial charge is 0.255 e. The quantitative estimate of drug-likeness (QED) is 0.782. The first-order valence-electron chi connectivity index (χ1n) is 5.85. The van der Waals surface area contributed by atoms with E-state index in [1.807, 2.05) is 0 Å². The lowest BCUT2D eigenvalue weighted by Gasteiger charge is -2.27. The molecular weight excluding hydrogens is 250 g/mol. The second kappa shape index (κ2) is 5.81. The Morgan fingerprint density at radius 2 is 2.05 bits per heavy atom. The number of imide groups is 1. The van der Waals surface area contributed by atoms with Crippen molar-refractivity contribution in [3.8, 4) is 5.75 Å². The fourth-order valence-electron chi connectivity index (χ4n) is 1.85. The monoisotopic (exact) mass is 265 g/mol. The van der Waals surface area contributed by atoms with Crippen LogP contribution in [0.5, 0.6) is 5.75 Å². The van der Waals surface area contributed by atoms with Crippen molar-refractivity contribution in [2.45, 2.75) is 6.10 Å². The van der Waals surface area contributed by atoms with Crippen LogP contribution in [0.25, 0.3) is 0 Å². The largest absolute Gasteiger partial charge is 0.497 e. The molecule has 1 aliphatic rings. The number of carbonyl (C=O) groups excluding carboxylic acids is 2. The number of rotatable bonds is 4. The molecule has 1 atom stereocenters. The molecule has 102 valence electrons. The molecule has 2 rings (SSSR count). The van der Waals surface area contributed by atoms with Gasteiger partial charge in [0.25, 0.3) is 11.8 Å². The van der Waals surface area contributed by atoms with Crippen LogP contribution in [-0.2, 0) is 14.3 Å². The number of aliphatic hydroxyl groups excluding tert-OH is 1. The van der Waals surface area contributed by atoms with Gasteiger partial charge < -0.3 is 14.6 Å². The van der Waals surface area contributed by atoms with Gasteiger partial charge in [0.2, 0.25) is 0 Å². The molecule has 0 radical (unpaired) electrons. The summed E-state index contributed by atoms with van der Waals surface area (Å²) < 4.78 is 9.86. The van der Waals surface area contributed by atoms with Gasteiger partial charge in [0.1, 0.15) is 19.0 Å². The van der Waals surface area contributed by atoms with Crippen molar-refractivity contribution in [2.24, 2.45) is 0 Å². The number of aliphatic hydroxyl groups is 1. The molecule has 1 N–H and O–H groups in total. The van der Waals surface area contributed by atoms with Crippen molar-refractivity contribution in [3.05, 3.63) is 29.8 Å². The van der Waals surface area contributed by atoms with Crippen molar-refractivity contribution in [3.63, 3.8) is 0 Å². The van der Waals surface area contributed by atoms with Gasteiger partial charge in [0.15, 0.2) is 0 Å². The molecule has 0 aromatic heterocycles. The van der Waals surface area contributed by atoms with E-state index in [-0.39, 0.29) is 19.8 Å². The predicted octanol–water partition coefficient (Wildman–Crippen LogP) is 0.114. The molecule has 0 saturated carbocycles. The molecule has 0 aliphatic carbocycles. The van der Waals surface area contributed by atoms with Crippen LogP contribution >= 0.6 is 0 Å². The summed E-state index contributed by atoms with van der Waals surface area (Å²) in [7, 11) is 1.53. The number of ether oxygens (including phenoxy) is 2. The number of carbonyl (C=O) groups is 2. The highest BCUT2D eigenvalue weighted by molar-refractivity contribution is 5.98. The maximum absolute atomic E-state index is 11.5. The van der Waals surface area contributed by atoms with E-state index >= 15 is 0 Å². The Bertz CT molecular complexity index is 472. The number of morpholine rings is 1. The molecular formula is C13H15NO5. The summed E-state index contributed by atoms with van der Waals surface area (Å²) >= 11 is 0. The number of methoxy groups -OCH3 is 1. The minimum absolute atomic E-state index is 0.0752. The van der Waals surface area contributed by atoms with Gasteiger partial charge >= 0.3 is 0 Å². The van der Waals surface area contributed by atoms with Crippen LogP contribution in [0.3, 0.4) is 0 Å².